The second kappa shape index (κ2) is 6.65. The summed E-state index contributed by atoms with van der Waals surface area (Å²) < 4.78 is 5.67. The molecule has 1 heterocycles. The number of hydrogen-bond acceptors (Lipinski definition) is 3. The number of quaternary nitrogens is 1. The zero-order valence-electron chi connectivity index (χ0n) is 12.0. The highest BCUT2D eigenvalue weighted by Gasteiger charge is 2.30. The van der Waals surface area contributed by atoms with Crippen molar-refractivity contribution >= 4 is 5.78 Å². The first-order valence-electron chi connectivity index (χ1n) is 7.06. The predicted molar refractivity (Wildman–Crippen MR) is 75.4 cm³/mol. The van der Waals surface area contributed by atoms with Crippen molar-refractivity contribution in [1.82, 2.24) is 0 Å². The molecule has 1 aromatic rings. The first-order valence-corrected chi connectivity index (χ1v) is 7.06. The standard InChI is InChI=1S/C16H20N2O2/c1-12-9-18(10-13(2)20-12)11-16(19)15(8-17)14-6-4-3-5-7-14/h3-7,12-13,15H,9-11H2,1-2H3/p+1/t12-,13-,15-/m0/s1. The van der Waals surface area contributed by atoms with Gasteiger partial charge in [-0.25, -0.2) is 0 Å². The van der Waals surface area contributed by atoms with Crippen LogP contribution in [0.25, 0.3) is 0 Å². The summed E-state index contributed by atoms with van der Waals surface area (Å²) in [6.45, 7) is 6.09. The van der Waals surface area contributed by atoms with E-state index in [0.29, 0.717) is 6.54 Å². The Morgan fingerprint density at radius 3 is 2.50 bits per heavy atom. The van der Waals surface area contributed by atoms with E-state index in [1.165, 1.54) is 4.90 Å². The molecule has 1 fully saturated rings. The average molecular weight is 273 g/mol. The van der Waals surface area contributed by atoms with E-state index in [-0.39, 0.29) is 18.0 Å². The van der Waals surface area contributed by atoms with Gasteiger partial charge in [0.2, 0.25) is 5.78 Å². The number of nitriles is 1. The Kier molecular flexibility index (Phi) is 4.89. The van der Waals surface area contributed by atoms with E-state index in [9.17, 15) is 10.1 Å². The molecule has 1 aromatic carbocycles. The molecule has 0 spiro atoms. The molecular weight excluding hydrogens is 252 g/mol. The fourth-order valence-corrected chi connectivity index (χ4v) is 2.86. The highest BCUT2D eigenvalue weighted by Crippen LogP contribution is 2.14. The van der Waals surface area contributed by atoms with Gasteiger partial charge in [0.15, 0.2) is 0 Å². The van der Waals surface area contributed by atoms with Gasteiger partial charge in [-0.2, -0.15) is 5.26 Å². The SMILES string of the molecule is C[C@H]1C[NH+](CC(=O)[C@@H](C#N)c2ccccc2)C[C@H](C)O1. The lowest BCUT2D eigenvalue weighted by molar-refractivity contribution is -0.907. The normalized spacial score (nSPS) is 27.6. The third-order valence-corrected chi connectivity index (χ3v) is 3.63. The van der Waals surface area contributed by atoms with Gasteiger partial charge in [0.1, 0.15) is 37.8 Å². The Balaban J connectivity index is 2.02. The van der Waals surface area contributed by atoms with Crippen LogP contribution in [0.3, 0.4) is 0 Å². The molecule has 0 saturated carbocycles. The summed E-state index contributed by atoms with van der Waals surface area (Å²) in [7, 11) is 0. The summed E-state index contributed by atoms with van der Waals surface area (Å²) in [5.41, 5.74) is 0.786. The minimum absolute atomic E-state index is 0.00463. The molecule has 3 atom stereocenters. The van der Waals surface area contributed by atoms with Crippen LogP contribution in [-0.2, 0) is 9.53 Å². The number of carbonyl (C=O) groups is 1. The van der Waals surface area contributed by atoms with Gasteiger partial charge in [-0.3, -0.25) is 4.79 Å². The number of nitrogens with zero attached hydrogens (tertiary/aromatic N) is 1. The molecule has 1 saturated heterocycles. The van der Waals surface area contributed by atoms with Crippen LogP contribution in [0.15, 0.2) is 30.3 Å². The van der Waals surface area contributed by atoms with Crippen LogP contribution in [0.4, 0.5) is 0 Å². The van der Waals surface area contributed by atoms with Gasteiger partial charge >= 0.3 is 0 Å². The van der Waals surface area contributed by atoms with Crippen molar-refractivity contribution in [2.45, 2.75) is 32.0 Å². The summed E-state index contributed by atoms with van der Waals surface area (Å²) in [6.07, 6.45) is 0.331. The van der Waals surface area contributed by atoms with Crippen LogP contribution in [0, 0.1) is 11.3 Å². The molecule has 1 N–H and O–H groups in total. The van der Waals surface area contributed by atoms with Crippen LogP contribution in [0.1, 0.15) is 25.3 Å². The van der Waals surface area contributed by atoms with E-state index >= 15 is 0 Å². The van der Waals surface area contributed by atoms with Crippen LogP contribution >= 0.6 is 0 Å². The number of ether oxygens (including phenoxy) is 1. The third kappa shape index (κ3) is 3.66. The summed E-state index contributed by atoms with van der Waals surface area (Å²) in [4.78, 5) is 13.6. The van der Waals surface area contributed by atoms with E-state index in [1.807, 2.05) is 44.2 Å². The fraction of sp³-hybridized carbons (Fsp3) is 0.500. The number of nitrogens with one attached hydrogen (secondary N) is 1. The molecule has 0 unspecified atom stereocenters. The monoisotopic (exact) mass is 273 g/mol. The number of carbonyl (C=O) groups excluding carboxylic acids is 1. The molecule has 20 heavy (non-hydrogen) atoms. The van der Waals surface area contributed by atoms with Crippen molar-refractivity contribution in [2.75, 3.05) is 19.6 Å². The molecule has 0 bridgehead atoms. The zero-order valence-corrected chi connectivity index (χ0v) is 12.0. The highest BCUT2D eigenvalue weighted by molar-refractivity contribution is 5.89. The first-order chi connectivity index (χ1) is 9.60. The van der Waals surface area contributed by atoms with E-state index in [1.54, 1.807) is 0 Å². The van der Waals surface area contributed by atoms with E-state index < -0.39 is 5.92 Å². The lowest BCUT2D eigenvalue weighted by Crippen LogP contribution is -3.16. The lowest BCUT2D eigenvalue weighted by Gasteiger charge is -2.32. The maximum Gasteiger partial charge on any atom is 0.208 e. The van der Waals surface area contributed by atoms with E-state index in [0.717, 1.165) is 18.7 Å². The van der Waals surface area contributed by atoms with Crippen LogP contribution < -0.4 is 4.90 Å². The molecule has 0 aromatic heterocycles. The molecular formula is C16H21N2O2+. The van der Waals surface area contributed by atoms with Crippen LogP contribution in [-0.4, -0.2) is 37.6 Å². The van der Waals surface area contributed by atoms with Gasteiger partial charge in [-0.05, 0) is 19.4 Å². The van der Waals surface area contributed by atoms with Crippen molar-refractivity contribution in [3.8, 4) is 6.07 Å². The zero-order chi connectivity index (χ0) is 14.5. The topological polar surface area (TPSA) is 54.5 Å². The van der Waals surface area contributed by atoms with Gasteiger partial charge in [-0.15, -0.1) is 0 Å². The van der Waals surface area contributed by atoms with Crippen molar-refractivity contribution in [2.24, 2.45) is 0 Å². The van der Waals surface area contributed by atoms with Gasteiger partial charge in [-0.1, -0.05) is 30.3 Å². The summed E-state index contributed by atoms with van der Waals surface area (Å²) in [5.74, 6) is -0.660. The molecule has 0 amide bonds. The second-order valence-electron chi connectivity index (χ2n) is 5.53. The Bertz CT molecular complexity index is 485. The van der Waals surface area contributed by atoms with Crippen LogP contribution in [0.5, 0.6) is 0 Å². The highest BCUT2D eigenvalue weighted by atomic mass is 16.5. The third-order valence-electron chi connectivity index (χ3n) is 3.63. The molecule has 4 nitrogen and oxygen atoms in total. The van der Waals surface area contributed by atoms with Gasteiger partial charge in [0.05, 0.1) is 6.07 Å². The Hall–Kier alpha value is -1.70. The van der Waals surface area contributed by atoms with Gasteiger partial charge < -0.3 is 9.64 Å². The molecule has 2 rings (SSSR count). The fourth-order valence-electron chi connectivity index (χ4n) is 2.86. The molecule has 1 aliphatic rings. The molecule has 0 radical (unpaired) electrons. The largest absolute Gasteiger partial charge is 0.364 e. The van der Waals surface area contributed by atoms with E-state index in [4.69, 9.17) is 4.74 Å². The average Bonchev–Trinajstić information content (AvgIpc) is 2.39. The predicted octanol–water partition coefficient (Wildman–Crippen LogP) is 0.555. The van der Waals surface area contributed by atoms with Crippen LogP contribution in [0.2, 0.25) is 0 Å². The number of benzene rings is 1. The maximum atomic E-state index is 12.4. The maximum absolute atomic E-state index is 12.4. The summed E-state index contributed by atoms with van der Waals surface area (Å²) in [6, 6.07) is 11.4. The Labute approximate surface area is 120 Å². The number of hydrogen-bond donors (Lipinski definition) is 1. The summed E-state index contributed by atoms with van der Waals surface area (Å²) in [5, 5.41) is 9.28. The first kappa shape index (κ1) is 14.7. The number of ketones is 1. The number of rotatable bonds is 4. The van der Waals surface area contributed by atoms with Crippen molar-refractivity contribution in [3.05, 3.63) is 35.9 Å². The van der Waals surface area contributed by atoms with E-state index in [2.05, 4.69) is 6.07 Å². The minimum Gasteiger partial charge on any atom is -0.364 e. The van der Waals surface area contributed by atoms with Crippen molar-refractivity contribution in [3.63, 3.8) is 0 Å². The quantitative estimate of drug-likeness (QED) is 0.872. The number of morpholine rings is 1. The molecule has 106 valence electrons. The number of Topliss-reactive ketones (excluding diaryl/α,β-unsaturated/α-hetero) is 1. The molecule has 4 heteroatoms. The van der Waals surface area contributed by atoms with Gasteiger partial charge in [0.25, 0.3) is 0 Å². The smallest absolute Gasteiger partial charge is 0.208 e. The molecule has 0 aliphatic carbocycles. The Morgan fingerprint density at radius 1 is 1.35 bits per heavy atom. The molecule has 1 aliphatic heterocycles. The van der Waals surface area contributed by atoms with Gasteiger partial charge in [0, 0.05) is 0 Å². The Morgan fingerprint density at radius 2 is 1.95 bits per heavy atom. The second-order valence-corrected chi connectivity index (χ2v) is 5.53. The van der Waals surface area contributed by atoms with Crippen molar-refractivity contribution < 1.29 is 14.4 Å². The van der Waals surface area contributed by atoms with Crippen molar-refractivity contribution in [1.29, 1.82) is 5.26 Å². The lowest BCUT2D eigenvalue weighted by atomic mass is 9.95. The summed E-state index contributed by atoms with van der Waals surface area (Å²) >= 11 is 0. The minimum atomic E-state index is -0.655.